The summed E-state index contributed by atoms with van der Waals surface area (Å²) in [6.07, 6.45) is 4.49. The highest BCUT2D eigenvalue weighted by molar-refractivity contribution is 8.03. The van der Waals surface area contributed by atoms with Crippen molar-refractivity contribution in [1.29, 1.82) is 0 Å². The Morgan fingerprint density at radius 1 is 1.33 bits per heavy atom. The molecule has 1 aromatic carbocycles. The van der Waals surface area contributed by atoms with E-state index in [1.165, 1.54) is 4.90 Å². The molecule has 2 nitrogen and oxygen atoms in total. The number of benzene rings is 1. The van der Waals surface area contributed by atoms with Gasteiger partial charge in [-0.2, -0.15) is 0 Å². The van der Waals surface area contributed by atoms with E-state index in [0.717, 1.165) is 24.2 Å². The molecule has 1 N–H and O–H groups in total. The van der Waals surface area contributed by atoms with Gasteiger partial charge in [-0.25, -0.2) is 0 Å². The third-order valence-corrected chi connectivity index (χ3v) is 4.09. The van der Waals surface area contributed by atoms with Gasteiger partial charge in [0.05, 0.1) is 0 Å². The minimum atomic E-state index is 0.0132. The molecule has 0 aliphatic carbocycles. The average Bonchev–Trinajstić information content (AvgIpc) is 2.37. The number of nitrogens with one attached hydrogen (secondary N) is 1. The van der Waals surface area contributed by atoms with Crippen LogP contribution in [0.25, 0.3) is 0 Å². The standard InChI is InChI=1S/C14H16ClNOS/c15-8-4-5-11-9-13(10-14(17)16-11)18-12-6-2-1-3-7-12/h1-3,6-7,10-11H,4-5,8-9H2,(H,16,17). The number of rotatable bonds is 5. The number of hydrogen-bond acceptors (Lipinski definition) is 2. The Kier molecular flexibility index (Phi) is 5.14. The number of alkyl halides is 1. The Bertz CT molecular complexity index is 433. The minimum Gasteiger partial charge on any atom is -0.349 e. The molecule has 0 bridgehead atoms. The van der Waals surface area contributed by atoms with Crippen molar-refractivity contribution in [2.45, 2.75) is 30.2 Å². The number of thioether (sulfide) groups is 1. The van der Waals surface area contributed by atoms with Gasteiger partial charge in [0.1, 0.15) is 0 Å². The van der Waals surface area contributed by atoms with Gasteiger partial charge in [-0.15, -0.1) is 11.6 Å². The summed E-state index contributed by atoms with van der Waals surface area (Å²) in [4.78, 5) is 13.9. The fourth-order valence-electron chi connectivity index (χ4n) is 1.95. The topological polar surface area (TPSA) is 29.1 Å². The maximum atomic E-state index is 11.6. The summed E-state index contributed by atoms with van der Waals surface area (Å²) in [6.45, 7) is 0. The molecule has 1 aliphatic rings. The van der Waals surface area contributed by atoms with Crippen LogP contribution in [0.4, 0.5) is 0 Å². The molecular weight excluding hydrogens is 266 g/mol. The van der Waals surface area contributed by atoms with Crippen molar-refractivity contribution in [2.24, 2.45) is 0 Å². The lowest BCUT2D eigenvalue weighted by Crippen LogP contribution is -2.37. The maximum absolute atomic E-state index is 11.6. The zero-order valence-electron chi connectivity index (χ0n) is 10.1. The van der Waals surface area contributed by atoms with Crippen molar-refractivity contribution >= 4 is 29.3 Å². The first-order chi connectivity index (χ1) is 8.78. The third-order valence-electron chi connectivity index (χ3n) is 2.76. The minimum absolute atomic E-state index is 0.0132. The molecule has 4 heteroatoms. The molecule has 1 aromatic rings. The van der Waals surface area contributed by atoms with E-state index in [0.29, 0.717) is 5.88 Å². The Morgan fingerprint density at radius 3 is 2.83 bits per heavy atom. The molecule has 0 aromatic heterocycles. The summed E-state index contributed by atoms with van der Waals surface area (Å²) in [6, 6.07) is 10.4. The third kappa shape index (κ3) is 4.07. The average molecular weight is 282 g/mol. The van der Waals surface area contributed by atoms with E-state index in [2.05, 4.69) is 17.4 Å². The molecule has 1 unspecified atom stereocenters. The van der Waals surface area contributed by atoms with Crippen LogP contribution in [0.2, 0.25) is 0 Å². The van der Waals surface area contributed by atoms with Crippen molar-refractivity contribution in [3.8, 4) is 0 Å². The lowest BCUT2D eigenvalue weighted by Gasteiger charge is -2.23. The second-order valence-electron chi connectivity index (χ2n) is 4.27. The van der Waals surface area contributed by atoms with Crippen LogP contribution in [0.5, 0.6) is 0 Å². The van der Waals surface area contributed by atoms with Gasteiger partial charge in [0.25, 0.3) is 0 Å². The molecular formula is C14H16ClNOS. The first kappa shape index (κ1) is 13.5. The zero-order chi connectivity index (χ0) is 12.8. The smallest absolute Gasteiger partial charge is 0.245 e. The van der Waals surface area contributed by atoms with Crippen LogP contribution in [-0.4, -0.2) is 17.8 Å². The largest absolute Gasteiger partial charge is 0.349 e. The van der Waals surface area contributed by atoms with Crippen LogP contribution >= 0.6 is 23.4 Å². The fraction of sp³-hybridized carbons (Fsp3) is 0.357. The second kappa shape index (κ2) is 6.86. The van der Waals surface area contributed by atoms with Crippen LogP contribution in [0.3, 0.4) is 0 Å². The summed E-state index contributed by atoms with van der Waals surface area (Å²) in [7, 11) is 0. The molecule has 18 heavy (non-hydrogen) atoms. The zero-order valence-corrected chi connectivity index (χ0v) is 11.6. The first-order valence-corrected chi connectivity index (χ1v) is 7.43. The van der Waals surface area contributed by atoms with Gasteiger partial charge in [0.2, 0.25) is 5.91 Å². The van der Waals surface area contributed by atoms with E-state index < -0.39 is 0 Å². The van der Waals surface area contributed by atoms with Crippen LogP contribution in [0.1, 0.15) is 19.3 Å². The Balaban J connectivity index is 1.97. The van der Waals surface area contributed by atoms with Crippen molar-refractivity contribution in [3.63, 3.8) is 0 Å². The SMILES string of the molecule is O=C1C=C(Sc2ccccc2)CC(CCCCl)N1. The molecule has 0 saturated heterocycles. The van der Waals surface area contributed by atoms with Gasteiger partial charge in [0.15, 0.2) is 0 Å². The first-order valence-electron chi connectivity index (χ1n) is 6.08. The lowest BCUT2D eigenvalue weighted by atomic mass is 10.1. The van der Waals surface area contributed by atoms with Gasteiger partial charge in [0, 0.05) is 22.9 Å². The van der Waals surface area contributed by atoms with Gasteiger partial charge < -0.3 is 5.32 Å². The summed E-state index contributed by atoms with van der Waals surface area (Å²) in [5.41, 5.74) is 0. The van der Waals surface area contributed by atoms with Crippen molar-refractivity contribution in [2.75, 3.05) is 5.88 Å². The van der Waals surface area contributed by atoms with E-state index in [-0.39, 0.29) is 11.9 Å². The second-order valence-corrected chi connectivity index (χ2v) is 5.84. The number of carbonyl (C=O) groups is 1. The highest BCUT2D eigenvalue weighted by Crippen LogP contribution is 2.31. The molecule has 1 aliphatic heterocycles. The van der Waals surface area contributed by atoms with Gasteiger partial charge in [-0.3, -0.25) is 4.79 Å². The van der Waals surface area contributed by atoms with Gasteiger partial charge in [-0.1, -0.05) is 30.0 Å². The van der Waals surface area contributed by atoms with E-state index in [9.17, 15) is 4.79 Å². The highest BCUT2D eigenvalue weighted by Gasteiger charge is 2.19. The Hall–Kier alpha value is -0.930. The Morgan fingerprint density at radius 2 is 2.11 bits per heavy atom. The predicted octanol–water partition coefficient (Wildman–Crippen LogP) is 3.57. The molecule has 1 heterocycles. The predicted molar refractivity (Wildman–Crippen MR) is 76.9 cm³/mol. The van der Waals surface area contributed by atoms with E-state index in [1.54, 1.807) is 17.8 Å². The maximum Gasteiger partial charge on any atom is 0.245 e. The van der Waals surface area contributed by atoms with E-state index in [1.807, 2.05) is 18.2 Å². The summed E-state index contributed by atoms with van der Waals surface area (Å²) < 4.78 is 0. The normalized spacial score (nSPS) is 19.3. The number of carbonyl (C=O) groups excluding carboxylic acids is 1. The monoisotopic (exact) mass is 281 g/mol. The molecule has 0 spiro atoms. The van der Waals surface area contributed by atoms with E-state index in [4.69, 9.17) is 11.6 Å². The molecule has 0 fully saturated rings. The molecule has 0 saturated carbocycles. The molecule has 1 amide bonds. The summed E-state index contributed by atoms with van der Waals surface area (Å²) in [5.74, 6) is 0.663. The van der Waals surface area contributed by atoms with Gasteiger partial charge in [-0.05, 0) is 36.3 Å². The van der Waals surface area contributed by atoms with Crippen LogP contribution in [-0.2, 0) is 4.79 Å². The van der Waals surface area contributed by atoms with Crippen molar-refractivity contribution < 1.29 is 4.79 Å². The van der Waals surface area contributed by atoms with Gasteiger partial charge >= 0.3 is 0 Å². The lowest BCUT2D eigenvalue weighted by molar-refractivity contribution is -0.117. The van der Waals surface area contributed by atoms with Crippen LogP contribution in [0, 0.1) is 0 Å². The summed E-state index contributed by atoms with van der Waals surface area (Å²) in [5, 5.41) is 2.98. The molecule has 0 radical (unpaired) electrons. The van der Waals surface area contributed by atoms with Crippen molar-refractivity contribution in [3.05, 3.63) is 41.3 Å². The van der Waals surface area contributed by atoms with Crippen LogP contribution in [0.15, 0.2) is 46.2 Å². The number of halogens is 1. The van der Waals surface area contributed by atoms with Crippen molar-refractivity contribution in [1.82, 2.24) is 5.32 Å². The number of amides is 1. The Labute approximate surface area is 117 Å². The van der Waals surface area contributed by atoms with Crippen LogP contribution < -0.4 is 5.32 Å². The molecule has 2 rings (SSSR count). The van der Waals surface area contributed by atoms with E-state index >= 15 is 0 Å². The number of hydrogen-bond donors (Lipinski definition) is 1. The quantitative estimate of drug-likeness (QED) is 0.836. The molecule has 1 atom stereocenters. The summed E-state index contributed by atoms with van der Waals surface area (Å²) >= 11 is 7.36. The molecule has 96 valence electrons. The highest BCUT2D eigenvalue weighted by atomic mass is 35.5. The fourth-order valence-corrected chi connectivity index (χ4v) is 3.15.